The molecule has 0 radical (unpaired) electrons. The van der Waals surface area contributed by atoms with Crippen LogP contribution in [0.2, 0.25) is 0 Å². The minimum absolute atomic E-state index is 0.00477. The Balaban J connectivity index is 2.05. The third-order valence-electron chi connectivity index (χ3n) is 3.71. The van der Waals surface area contributed by atoms with E-state index in [2.05, 4.69) is 10.2 Å². The van der Waals surface area contributed by atoms with E-state index in [1.54, 1.807) is 4.90 Å². The predicted octanol–water partition coefficient (Wildman–Crippen LogP) is -0.700. The highest BCUT2D eigenvalue weighted by Gasteiger charge is 2.38. The number of hydrogen-bond acceptors (Lipinski definition) is 4. The number of piperazine rings is 1. The molecule has 2 fully saturated rings. The van der Waals surface area contributed by atoms with Gasteiger partial charge >= 0.3 is 0 Å². The number of rotatable bonds is 3. The SMILES string of the molecule is CC(C)C1C(=O)NCC(=O)N1CC1CN(C)CCO1. The fourth-order valence-corrected chi connectivity index (χ4v) is 2.74. The zero-order chi connectivity index (χ0) is 14.0. The Bertz CT molecular complexity index is 359. The molecule has 0 bridgehead atoms. The van der Waals surface area contributed by atoms with Crippen molar-refractivity contribution in [2.45, 2.75) is 26.0 Å². The monoisotopic (exact) mass is 269 g/mol. The van der Waals surface area contributed by atoms with Crippen molar-refractivity contribution in [3.05, 3.63) is 0 Å². The average molecular weight is 269 g/mol. The summed E-state index contributed by atoms with van der Waals surface area (Å²) >= 11 is 0. The van der Waals surface area contributed by atoms with Gasteiger partial charge in [-0.15, -0.1) is 0 Å². The molecule has 6 nitrogen and oxygen atoms in total. The Labute approximate surface area is 114 Å². The zero-order valence-corrected chi connectivity index (χ0v) is 11.9. The summed E-state index contributed by atoms with van der Waals surface area (Å²) in [5.41, 5.74) is 0. The average Bonchev–Trinajstić information content (AvgIpc) is 2.33. The van der Waals surface area contributed by atoms with Crippen LogP contribution in [0.3, 0.4) is 0 Å². The van der Waals surface area contributed by atoms with Crippen LogP contribution < -0.4 is 5.32 Å². The van der Waals surface area contributed by atoms with Gasteiger partial charge < -0.3 is 19.9 Å². The van der Waals surface area contributed by atoms with E-state index in [0.717, 1.165) is 13.1 Å². The number of nitrogens with one attached hydrogen (secondary N) is 1. The molecule has 2 saturated heterocycles. The van der Waals surface area contributed by atoms with Crippen LogP contribution in [-0.2, 0) is 14.3 Å². The zero-order valence-electron chi connectivity index (χ0n) is 11.9. The van der Waals surface area contributed by atoms with Gasteiger partial charge in [0.25, 0.3) is 0 Å². The molecule has 2 heterocycles. The predicted molar refractivity (Wildman–Crippen MR) is 70.6 cm³/mol. The van der Waals surface area contributed by atoms with Gasteiger partial charge in [-0.25, -0.2) is 0 Å². The molecule has 2 unspecified atom stereocenters. The van der Waals surface area contributed by atoms with Crippen LogP contribution in [0, 0.1) is 5.92 Å². The molecule has 19 heavy (non-hydrogen) atoms. The van der Waals surface area contributed by atoms with Gasteiger partial charge in [-0.3, -0.25) is 9.59 Å². The molecular formula is C13H23N3O3. The highest BCUT2D eigenvalue weighted by atomic mass is 16.5. The van der Waals surface area contributed by atoms with Crippen molar-refractivity contribution in [1.29, 1.82) is 0 Å². The number of carbonyl (C=O) groups is 2. The minimum atomic E-state index is -0.378. The van der Waals surface area contributed by atoms with Crippen LogP contribution in [0.15, 0.2) is 0 Å². The van der Waals surface area contributed by atoms with Gasteiger partial charge in [-0.1, -0.05) is 13.8 Å². The quantitative estimate of drug-likeness (QED) is 0.736. The third kappa shape index (κ3) is 3.25. The smallest absolute Gasteiger partial charge is 0.243 e. The van der Waals surface area contributed by atoms with Crippen LogP contribution in [0.1, 0.15) is 13.8 Å². The Morgan fingerprint density at radius 1 is 1.42 bits per heavy atom. The Morgan fingerprint density at radius 2 is 2.16 bits per heavy atom. The van der Waals surface area contributed by atoms with E-state index in [1.165, 1.54) is 0 Å². The number of carbonyl (C=O) groups excluding carboxylic acids is 2. The van der Waals surface area contributed by atoms with E-state index in [9.17, 15) is 9.59 Å². The van der Waals surface area contributed by atoms with Gasteiger partial charge in [0.05, 0.1) is 19.3 Å². The first kappa shape index (κ1) is 14.3. The van der Waals surface area contributed by atoms with Gasteiger partial charge in [0.15, 0.2) is 0 Å². The lowest BCUT2D eigenvalue weighted by molar-refractivity contribution is -0.150. The summed E-state index contributed by atoms with van der Waals surface area (Å²) in [6.45, 7) is 6.92. The highest BCUT2D eigenvalue weighted by molar-refractivity contribution is 5.95. The van der Waals surface area contributed by atoms with Crippen LogP contribution in [0.4, 0.5) is 0 Å². The molecule has 0 aromatic carbocycles. The first-order chi connectivity index (χ1) is 8.99. The van der Waals surface area contributed by atoms with Crippen molar-refractivity contribution < 1.29 is 14.3 Å². The lowest BCUT2D eigenvalue weighted by Crippen LogP contribution is -2.62. The van der Waals surface area contributed by atoms with Crippen LogP contribution in [0.5, 0.6) is 0 Å². The van der Waals surface area contributed by atoms with Crippen molar-refractivity contribution in [3.8, 4) is 0 Å². The van der Waals surface area contributed by atoms with Crippen LogP contribution >= 0.6 is 0 Å². The van der Waals surface area contributed by atoms with Gasteiger partial charge in [-0.2, -0.15) is 0 Å². The van der Waals surface area contributed by atoms with Gasteiger partial charge in [-0.05, 0) is 13.0 Å². The summed E-state index contributed by atoms with van der Waals surface area (Å²) in [6.07, 6.45) is -0.00477. The van der Waals surface area contributed by atoms with Crippen molar-refractivity contribution in [2.24, 2.45) is 5.92 Å². The molecule has 2 atom stereocenters. The number of ether oxygens (including phenoxy) is 1. The van der Waals surface area contributed by atoms with Gasteiger partial charge in [0.2, 0.25) is 11.8 Å². The second-order valence-electron chi connectivity index (χ2n) is 5.71. The highest BCUT2D eigenvalue weighted by Crippen LogP contribution is 2.17. The molecule has 0 aromatic heterocycles. The molecule has 0 aliphatic carbocycles. The molecule has 0 aromatic rings. The van der Waals surface area contributed by atoms with Crippen molar-refractivity contribution in [2.75, 3.05) is 39.8 Å². The normalized spacial score (nSPS) is 29.8. The topological polar surface area (TPSA) is 61.9 Å². The van der Waals surface area contributed by atoms with Gasteiger partial charge in [0.1, 0.15) is 6.04 Å². The van der Waals surface area contributed by atoms with Crippen LogP contribution in [0.25, 0.3) is 0 Å². The maximum Gasteiger partial charge on any atom is 0.243 e. The van der Waals surface area contributed by atoms with Crippen molar-refractivity contribution in [3.63, 3.8) is 0 Å². The van der Waals surface area contributed by atoms with E-state index in [-0.39, 0.29) is 36.4 Å². The molecule has 1 N–H and O–H groups in total. The van der Waals surface area contributed by atoms with Crippen LogP contribution in [-0.4, -0.2) is 73.6 Å². The summed E-state index contributed by atoms with van der Waals surface area (Å²) < 4.78 is 5.70. The fraction of sp³-hybridized carbons (Fsp3) is 0.846. The number of amides is 2. The first-order valence-corrected chi connectivity index (χ1v) is 6.86. The molecule has 2 aliphatic rings. The Morgan fingerprint density at radius 3 is 2.79 bits per heavy atom. The first-order valence-electron chi connectivity index (χ1n) is 6.86. The Kier molecular flexibility index (Phi) is 4.42. The summed E-state index contributed by atoms with van der Waals surface area (Å²) in [5, 5.41) is 2.66. The molecule has 2 aliphatic heterocycles. The number of morpholine rings is 1. The lowest BCUT2D eigenvalue weighted by Gasteiger charge is -2.40. The van der Waals surface area contributed by atoms with E-state index < -0.39 is 0 Å². The largest absolute Gasteiger partial charge is 0.374 e. The maximum absolute atomic E-state index is 12.1. The molecule has 108 valence electrons. The number of nitrogens with zero attached hydrogens (tertiary/aromatic N) is 2. The molecular weight excluding hydrogens is 246 g/mol. The molecule has 2 rings (SSSR count). The minimum Gasteiger partial charge on any atom is -0.374 e. The Hall–Kier alpha value is -1.14. The van der Waals surface area contributed by atoms with E-state index >= 15 is 0 Å². The number of hydrogen-bond donors (Lipinski definition) is 1. The third-order valence-corrected chi connectivity index (χ3v) is 3.71. The van der Waals surface area contributed by atoms with E-state index in [4.69, 9.17) is 4.74 Å². The summed E-state index contributed by atoms with van der Waals surface area (Å²) in [6, 6.07) is -0.378. The second-order valence-corrected chi connectivity index (χ2v) is 5.71. The van der Waals surface area contributed by atoms with E-state index in [0.29, 0.717) is 13.2 Å². The fourth-order valence-electron chi connectivity index (χ4n) is 2.74. The maximum atomic E-state index is 12.1. The lowest BCUT2D eigenvalue weighted by atomic mass is 9.99. The molecule has 0 saturated carbocycles. The standard InChI is InChI=1S/C13H23N3O3/c1-9(2)12-13(18)14-6-11(17)16(12)8-10-7-15(3)4-5-19-10/h9-10,12H,4-8H2,1-3H3,(H,14,18). The molecule has 2 amide bonds. The summed E-state index contributed by atoms with van der Waals surface area (Å²) in [7, 11) is 2.04. The van der Waals surface area contributed by atoms with Crippen molar-refractivity contribution in [1.82, 2.24) is 15.1 Å². The van der Waals surface area contributed by atoms with E-state index in [1.807, 2.05) is 20.9 Å². The molecule has 6 heteroatoms. The number of likely N-dealkylation sites (N-methyl/N-ethyl adjacent to an activating group) is 1. The second kappa shape index (κ2) is 5.88. The summed E-state index contributed by atoms with van der Waals surface area (Å²) in [5.74, 6) is 0.0273. The molecule has 0 spiro atoms. The van der Waals surface area contributed by atoms with Crippen molar-refractivity contribution >= 4 is 11.8 Å². The van der Waals surface area contributed by atoms with Gasteiger partial charge in [0, 0.05) is 19.6 Å². The summed E-state index contributed by atoms with van der Waals surface area (Å²) in [4.78, 5) is 27.9.